The van der Waals surface area contributed by atoms with Crippen molar-refractivity contribution in [3.8, 4) is 22.6 Å². The molecule has 4 nitrogen and oxygen atoms in total. The minimum Gasteiger partial charge on any atom is -0.423 e. The smallest absolute Gasteiger partial charge is 0.335 e. The highest BCUT2D eigenvalue weighted by atomic mass is 16.5. The Hall–Kier alpha value is -4.70. The van der Waals surface area contributed by atoms with E-state index in [4.69, 9.17) is 9.47 Å². The van der Waals surface area contributed by atoms with Crippen LogP contribution in [0.4, 0.5) is 0 Å². The third-order valence-electron chi connectivity index (χ3n) is 6.79. The maximum atomic E-state index is 12.5. The van der Waals surface area contributed by atoms with Crippen LogP contribution in [0.3, 0.4) is 0 Å². The standard InChI is InChI=1S/C33H26O4/c1-5-31(34)36-29-19-21(3)15-17-27(29)33(28-18-16-22(4)20-30(28)37-32(35)6-2)25-13-9-7-11-23(25)24-12-8-10-14-26(24)33/h5-20H,1-2H2,3-4H3. The van der Waals surface area contributed by atoms with Crippen LogP contribution < -0.4 is 9.47 Å². The molecule has 4 heteroatoms. The molecule has 4 aromatic rings. The van der Waals surface area contributed by atoms with Gasteiger partial charge in [0.05, 0.1) is 5.41 Å². The summed E-state index contributed by atoms with van der Waals surface area (Å²) in [5, 5.41) is 0. The molecular weight excluding hydrogens is 460 g/mol. The Bertz CT molecular complexity index is 1460. The number of hydrogen-bond donors (Lipinski definition) is 0. The van der Waals surface area contributed by atoms with Crippen LogP contribution in [0.2, 0.25) is 0 Å². The summed E-state index contributed by atoms with van der Waals surface area (Å²) in [6, 6.07) is 28.0. The van der Waals surface area contributed by atoms with Crippen molar-refractivity contribution in [1.82, 2.24) is 0 Å². The Labute approximate surface area is 216 Å². The van der Waals surface area contributed by atoms with E-state index in [0.29, 0.717) is 11.5 Å². The zero-order chi connectivity index (χ0) is 26.2. The van der Waals surface area contributed by atoms with E-state index in [1.54, 1.807) is 0 Å². The van der Waals surface area contributed by atoms with Crippen LogP contribution in [0.1, 0.15) is 33.4 Å². The molecule has 0 saturated carbocycles. The van der Waals surface area contributed by atoms with Crippen LogP contribution in [-0.2, 0) is 15.0 Å². The normalized spacial score (nSPS) is 12.7. The summed E-state index contributed by atoms with van der Waals surface area (Å²) in [6.07, 6.45) is 2.30. The first-order valence-corrected chi connectivity index (χ1v) is 12.0. The Balaban J connectivity index is 1.96. The van der Waals surface area contributed by atoms with E-state index in [9.17, 15) is 9.59 Å². The molecule has 0 aromatic heterocycles. The lowest BCUT2D eigenvalue weighted by Gasteiger charge is -2.36. The predicted molar refractivity (Wildman–Crippen MR) is 145 cm³/mol. The number of carbonyl (C=O) groups is 2. The van der Waals surface area contributed by atoms with Crippen molar-refractivity contribution < 1.29 is 19.1 Å². The van der Waals surface area contributed by atoms with Gasteiger partial charge in [-0.2, -0.15) is 0 Å². The first-order valence-electron chi connectivity index (χ1n) is 12.0. The second kappa shape index (κ2) is 9.40. The largest absolute Gasteiger partial charge is 0.423 e. The summed E-state index contributed by atoms with van der Waals surface area (Å²) >= 11 is 0. The summed E-state index contributed by atoms with van der Waals surface area (Å²) in [4.78, 5) is 24.9. The first kappa shape index (κ1) is 24.0. The molecule has 37 heavy (non-hydrogen) atoms. The van der Waals surface area contributed by atoms with E-state index < -0.39 is 17.4 Å². The maximum absolute atomic E-state index is 12.5. The molecule has 1 aliphatic rings. The van der Waals surface area contributed by atoms with Gasteiger partial charge in [0.25, 0.3) is 0 Å². The third-order valence-corrected chi connectivity index (χ3v) is 6.79. The summed E-state index contributed by atoms with van der Waals surface area (Å²) in [7, 11) is 0. The topological polar surface area (TPSA) is 52.6 Å². The second-order valence-corrected chi connectivity index (χ2v) is 9.09. The molecule has 0 fully saturated rings. The second-order valence-electron chi connectivity index (χ2n) is 9.09. The number of benzene rings is 4. The number of rotatable bonds is 6. The van der Waals surface area contributed by atoms with Crippen molar-refractivity contribution in [2.24, 2.45) is 0 Å². The molecular formula is C33H26O4. The summed E-state index contributed by atoms with van der Waals surface area (Å²) in [5.41, 5.74) is 6.55. The van der Waals surface area contributed by atoms with Crippen LogP contribution in [0.15, 0.2) is 110 Å². The third kappa shape index (κ3) is 3.87. The molecule has 0 saturated heterocycles. The van der Waals surface area contributed by atoms with Gasteiger partial charge in [0.1, 0.15) is 11.5 Å². The molecule has 0 atom stereocenters. The van der Waals surface area contributed by atoms with Crippen LogP contribution >= 0.6 is 0 Å². The lowest BCUT2D eigenvalue weighted by atomic mass is 9.66. The molecule has 0 bridgehead atoms. The quantitative estimate of drug-likeness (QED) is 0.150. The highest BCUT2D eigenvalue weighted by molar-refractivity contribution is 5.90. The van der Waals surface area contributed by atoms with Crippen molar-refractivity contribution >= 4 is 11.9 Å². The van der Waals surface area contributed by atoms with Gasteiger partial charge in [0.2, 0.25) is 0 Å². The van der Waals surface area contributed by atoms with Crippen LogP contribution in [-0.4, -0.2) is 11.9 Å². The van der Waals surface area contributed by atoms with E-state index in [0.717, 1.165) is 56.7 Å². The van der Waals surface area contributed by atoms with E-state index >= 15 is 0 Å². The van der Waals surface area contributed by atoms with Gasteiger partial charge in [0, 0.05) is 23.3 Å². The molecule has 0 heterocycles. The fourth-order valence-corrected chi connectivity index (χ4v) is 5.31. The summed E-state index contributed by atoms with van der Waals surface area (Å²) in [5.74, 6) is -0.275. The molecule has 182 valence electrons. The van der Waals surface area contributed by atoms with Crippen molar-refractivity contribution in [1.29, 1.82) is 0 Å². The predicted octanol–water partition coefficient (Wildman–Crippen LogP) is 6.85. The van der Waals surface area contributed by atoms with E-state index in [1.165, 1.54) is 0 Å². The van der Waals surface area contributed by atoms with Crippen molar-refractivity contribution in [3.05, 3.63) is 144 Å². The van der Waals surface area contributed by atoms with Crippen LogP contribution in [0.5, 0.6) is 11.5 Å². The average Bonchev–Trinajstić information content (AvgIpc) is 3.20. The molecule has 0 N–H and O–H groups in total. The Kier molecular flexibility index (Phi) is 6.10. The highest BCUT2D eigenvalue weighted by Crippen LogP contribution is 2.59. The van der Waals surface area contributed by atoms with Gasteiger partial charge in [-0.1, -0.05) is 86.0 Å². The van der Waals surface area contributed by atoms with Gasteiger partial charge in [0.15, 0.2) is 0 Å². The molecule has 0 aliphatic heterocycles. The fraction of sp³-hybridized carbons (Fsp3) is 0.0909. The molecule has 0 amide bonds. The molecule has 1 aliphatic carbocycles. The van der Waals surface area contributed by atoms with Gasteiger partial charge < -0.3 is 9.47 Å². The van der Waals surface area contributed by atoms with E-state index in [1.807, 2.05) is 74.5 Å². The number of aryl methyl sites for hydroxylation is 2. The molecule has 5 rings (SSSR count). The van der Waals surface area contributed by atoms with E-state index in [2.05, 4.69) is 37.4 Å². The zero-order valence-electron chi connectivity index (χ0n) is 20.8. The SMILES string of the molecule is C=CC(=O)Oc1cc(C)ccc1C1(c2ccc(C)cc2OC(=O)C=C)c2ccccc2-c2ccccc21. The fourth-order valence-electron chi connectivity index (χ4n) is 5.31. The number of hydrogen-bond acceptors (Lipinski definition) is 4. The average molecular weight is 487 g/mol. The number of carbonyl (C=O) groups excluding carboxylic acids is 2. The minimum absolute atomic E-state index is 0.415. The molecule has 0 spiro atoms. The van der Waals surface area contributed by atoms with Crippen molar-refractivity contribution in [3.63, 3.8) is 0 Å². The van der Waals surface area contributed by atoms with Gasteiger partial charge in [-0.3, -0.25) is 0 Å². The van der Waals surface area contributed by atoms with Crippen molar-refractivity contribution in [2.45, 2.75) is 19.3 Å². The maximum Gasteiger partial charge on any atom is 0.335 e. The number of ether oxygens (including phenoxy) is 2. The lowest BCUT2D eigenvalue weighted by molar-refractivity contribution is -0.129. The van der Waals surface area contributed by atoms with Gasteiger partial charge >= 0.3 is 11.9 Å². The molecule has 0 unspecified atom stereocenters. The summed E-state index contributed by atoms with van der Waals surface area (Å²) < 4.78 is 11.7. The highest BCUT2D eigenvalue weighted by Gasteiger charge is 2.49. The van der Waals surface area contributed by atoms with Crippen molar-refractivity contribution in [2.75, 3.05) is 0 Å². The van der Waals surface area contributed by atoms with Gasteiger partial charge in [-0.05, 0) is 59.4 Å². The number of esters is 2. The van der Waals surface area contributed by atoms with Gasteiger partial charge in [-0.25, -0.2) is 9.59 Å². The Morgan fingerprint density at radius 3 is 1.43 bits per heavy atom. The Morgan fingerprint density at radius 1 is 0.622 bits per heavy atom. The first-order chi connectivity index (χ1) is 17.9. The molecule has 4 aromatic carbocycles. The lowest BCUT2D eigenvalue weighted by Crippen LogP contribution is -2.30. The summed E-state index contributed by atoms with van der Waals surface area (Å²) in [6.45, 7) is 11.0. The van der Waals surface area contributed by atoms with E-state index in [-0.39, 0.29) is 0 Å². The zero-order valence-corrected chi connectivity index (χ0v) is 20.8. The monoisotopic (exact) mass is 486 g/mol. The minimum atomic E-state index is -0.942. The molecule has 0 radical (unpaired) electrons. The van der Waals surface area contributed by atoms with Gasteiger partial charge in [-0.15, -0.1) is 0 Å². The number of fused-ring (bicyclic) bond motifs is 3. The Morgan fingerprint density at radius 2 is 1.03 bits per heavy atom. The van der Waals surface area contributed by atoms with Crippen LogP contribution in [0, 0.1) is 13.8 Å². The van der Waals surface area contributed by atoms with Crippen LogP contribution in [0.25, 0.3) is 11.1 Å².